The highest BCUT2D eigenvalue weighted by Crippen LogP contribution is 2.36. The van der Waals surface area contributed by atoms with Crippen molar-refractivity contribution in [2.45, 2.75) is 63.9 Å². The highest BCUT2D eigenvalue weighted by atomic mass is 16.7. The fourth-order valence-corrected chi connectivity index (χ4v) is 2.38. The molecule has 1 aliphatic heterocycles. The summed E-state index contributed by atoms with van der Waals surface area (Å²) in [4.78, 5) is 4.30. The number of ether oxygens (including phenoxy) is 1. The van der Waals surface area contributed by atoms with Crippen LogP contribution in [-0.4, -0.2) is 40.6 Å². The van der Waals surface area contributed by atoms with Gasteiger partial charge in [0.05, 0.1) is 17.3 Å². The van der Waals surface area contributed by atoms with Crippen molar-refractivity contribution in [1.82, 2.24) is 4.98 Å². The highest BCUT2D eigenvalue weighted by molar-refractivity contribution is 6.62. The maximum absolute atomic E-state index is 9.25. The number of hydrogen-bond acceptors (Lipinski definition) is 5. The third-order valence-electron chi connectivity index (χ3n) is 4.64. The van der Waals surface area contributed by atoms with E-state index in [1.54, 1.807) is 6.20 Å². The number of pyridine rings is 1. The third-order valence-corrected chi connectivity index (χ3v) is 4.64. The number of rotatable bonds is 3. The quantitative estimate of drug-likeness (QED) is 0.850. The Labute approximate surface area is 125 Å². The molecule has 21 heavy (non-hydrogen) atoms. The molecule has 2 aliphatic rings. The summed E-state index contributed by atoms with van der Waals surface area (Å²) in [6.45, 7) is 8.11. The molecule has 0 unspecified atom stereocenters. The molecule has 5 nitrogen and oxygen atoms in total. The number of nitrogens with zero attached hydrogens (tertiary/aromatic N) is 1. The van der Waals surface area contributed by atoms with Gasteiger partial charge in [0.25, 0.3) is 0 Å². The van der Waals surface area contributed by atoms with Gasteiger partial charge in [-0.1, -0.05) is 6.07 Å². The van der Waals surface area contributed by atoms with E-state index in [0.29, 0.717) is 18.7 Å². The SMILES string of the molecule is CC1(C)OB(c2ccc(O[C@H]3C[C@H](O)C3)nc2)OC1(C)C. The summed E-state index contributed by atoms with van der Waals surface area (Å²) in [6.07, 6.45) is 2.95. The molecule has 0 radical (unpaired) electrons. The van der Waals surface area contributed by atoms with E-state index in [4.69, 9.17) is 14.0 Å². The van der Waals surface area contributed by atoms with E-state index >= 15 is 0 Å². The number of aliphatic hydroxyl groups excluding tert-OH is 1. The zero-order valence-electron chi connectivity index (χ0n) is 13.0. The average Bonchev–Trinajstić information content (AvgIpc) is 2.57. The highest BCUT2D eigenvalue weighted by Gasteiger charge is 2.51. The monoisotopic (exact) mass is 291 g/mol. The summed E-state index contributed by atoms with van der Waals surface area (Å²) in [6, 6.07) is 3.74. The molecule has 0 atom stereocenters. The Morgan fingerprint density at radius 1 is 1.19 bits per heavy atom. The molecule has 114 valence electrons. The van der Waals surface area contributed by atoms with E-state index in [-0.39, 0.29) is 23.4 Å². The van der Waals surface area contributed by atoms with Crippen molar-refractivity contribution >= 4 is 12.6 Å². The van der Waals surface area contributed by atoms with Crippen LogP contribution in [0.2, 0.25) is 0 Å². The van der Waals surface area contributed by atoms with E-state index in [1.807, 2.05) is 39.8 Å². The first-order valence-corrected chi connectivity index (χ1v) is 7.43. The van der Waals surface area contributed by atoms with Gasteiger partial charge in [-0.25, -0.2) is 4.98 Å². The topological polar surface area (TPSA) is 60.8 Å². The molecular weight excluding hydrogens is 269 g/mol. The van der Waals surface area contributed by atoms with Crippen molar-refractivity contribution in [2.75, 3.05) is 0 Å². The summed E-state index contributed by atoms with van der Waals surface area (Å²) in [7, 11) is -0.401. The third kappa shape index (κ3) is 2.80. The van der Waals surface area contributed by atoms with Crippen molar-refractivity contribution in [1.29, 1.82) is 0 Å². The second-order valence-electron chi connectivity index (χ2n) is 6.88. The van der Waals surface area contributed by atoms with Gasteiger partial charge in [-0.2, -0.15) is 0 Å². The second kappa shape index (κ2) is 4.97. The summed E-state index contributed by atoms with van der Waals surface area (Å²) in [5, 5.41) is 9.25. The van der Waals surface area contributed by atoms with Gasteiger partial charge < -0.3 is 19.2 Å². The van der Waals surface area contributed by atoms with Crippen LogP contribution in [0.4, 0.5) is 0 Å². The summed E-state index contributed by atoms with van der Waals surface area (Å²) >= 11 is 0. The van der Waals surface area contributed by atoms with Crippen molar-refractivity contribution in [3.05, 3.63) is 18.3 Å². The standard InChI is InChI=1S/C15H22BNO4/c1-14(2)15(3,4)21-16(20-14)10-5-6-13(17-9-10)19-12-7-11(18)8-12/h5-6,9,11-12,18H,7-8H2,1-4H3/t11-,12-. The normalized spacial score (nSPS) is 30.0. The molecule has 0 aromatic carbocycles. The van der Waals surface area contributed by atoms with Gasteiger partial charge >= 0.3 is 7.12 Å². The summed E-state index contributed by atoms with van der Waals surface area (Å²) in [5.74, 6) is 0.576. The maximum Gasteiger partial charge on any atom is 0.496 e. The molecule has 1 N–H and O–H groups in total. The van der Waals surface area contributed by atoms with Crippen LogP contribution < -0.4 is 10.2 Å². The van der Waals surface area contributed by atoms with Crippen LogP contribution in [0, 0.1) is 0 Å². The van der Waals surface area contributed by atoms with Gasteiger partial charge in [0.1, 0.15) is 6.10 Å². The first kappa shape index (κ1) is 14.8. The fraction of sp³-hybridized carbons (Fsp3) is 0.667. The van der Waals surface area contributed by atoms with Gasteiger partial charge in [0.15, 0.2) is 0 Å². The lowest BCUT2D eigenvalue weighted by Gasteiger charge is -2.32. The van der Waals surface area contributed by atoms with Crippen LogP contribution in [0.3, 0.4) is 0 Å². The molecule has 0 spiro atoms. The molecule has 0 amide bonds. The Hall–Kier alpha value is -1.11. The van der Waals surface area contributed by atoms with Crippen molar-refractivity contribution in [3.63, 3.8) is 0 Å². The van der Waals surface area contributed by atoms with Gasteiger partial charge in [-0.05, 0) is 33.8 Å². The molecule has 1 aromatic rings. The zero-order valence-corrected chi connectivity index (χ0v) is 13.0. The van der Waals surface area contributed by atoms with Crippen LogP contribution in [0.15, 0.2) is 18.3 Å². The van der Waals surface area contributed by atoms with Gasteiger partial charge in [0, 0.05) is 24.5 Å². The van der Waals surface area contributed by atoms with E-state index in [9.17, 15) is 5.11 Å². The van der Waals surface area contributed by atoms with E-state index in [1.165, 1.54) is 0 Å². The van der Waals surface area contributed by atoms with Crippen LogP contribution in [0.5, 0.6) is 5.88 Å². The molecule has 6 heteroatoms. The Morgan fingerprint density at radius 3 is 2.29 bits per heavy atom. The van der Waals surface area contributed by atoms with Crippen LogP contribution >= 0.6 is 0 Å². The second-order valence-corrected chi connectivity index (χ2v) is 6.88. The van der Waals surface area contributed by atoms with Crippen LogP contribution in [0.1, 0.15) is 40.5 Å². The Morgan fingerprint density at radius 2 is 1.81 bits per heavy atom. The number of aromatic nitrogens is 1. The first-order chi connectivity index (χ1) is 9.77. The molecule has 1 aromatic heterocycles. The van der Waals surface area contributed by atoms with Crippen LogP contribution in [0.25, 0.3) is 0 Å². The lowest BCUT2D eigenvalue weighted by atomic mass is 9.80. The minimum atomic E-state index is -0.401. The summed E-state index contributed by atoms with van der Waals surface area (Å²) in [5.41, 5.74) is 0.179. The van der Waals surface area contributed by atoms with Gasteiger partial charge in [-0.15, -0.1) is 0 Å². The summed E-state index contributed by atoms with van der Waals surface area (Å²) < 4.78 is 17.6. The minimum absolute atomic E-state index is 0.0789. The van der Waals surface area contributed by atoms with E-state index < -0.39 is 7.12 Å². The van der Waals surface area contributed by atoms with Gasteiger partial charge in [0.2, 0.25) is 5.88 Å². The van der Waals surface area contributed by atoms with E-state index in [0.717, 1.165) is 5.46 Å². The first-order valence-electron chi connectivity index (χ1n) is 7.43. The van der Waals surface area contributed by atoms with Crippen molar-refractivity contribution < 1.29 is 19.2 Å². The van der Waals surface area contributed by atoms with Crippen molar-refractivity contribution in [3.8, 4) is 5.88 Å². The minimum Gasteiger partial charge on any atom is -0.474 e. The lowest BCUT2D eigenvalue weighted by Crippen LogP contribution is -2.41. The molecule has 2 heterocycles. The lowest BCUT2D eigenvalue weighted by molar-refractivity contribution is -0.0128. The molecule has 1 aliphatic carbocycles. The molecule has 2 fully saturated rings. The maximum atomic E-state index is 9.25. The van der Waals surface area contributed by atoms with Crippen LogP contribution in [-0.2, 0) is 9.31 Å². The molecular formula is C15H22BNO4. The molecule has 1 saturated heterocycles. The molecule has 3 rings (SSSR count). The zero-order chi connectivity index (χ0) is 15.3. The Bertz CT molecular complexity index is 495. The smallest absolute Gasteiger partial charge is 0.474 e. The fourth-order valence-electron chi connectivity index (χ4n) is 2.38. The number of hydrogen-bond donors (Lipinski definition) is 1. The largest absolute Gasteiger partial charge is 0.496 e. The Balaban J connectivity index is 1.65. The average molecular weight is 291 g/mol. The Kier molecular flexibility index (Phi) is 3.51. The van der Waals surface area contributed by atoms with Crippen molar-refractivity contribution in [2.24, 2.45) is 0 Å². The predicted octanol–water partition coefficient (Wildman–Crippen LogP) is 1.28. The van der Waals surface area contributed by atoms with E-state index in [2.05, 4.69) is 4.98 Å². The van der Waals surface area contributed by atoms with Gasteiger partial charge in [-0.3, -0.25) is 0 Å². The molecule has 0 bridgehead atoms. The number of aliphatic hydroxyl groups is 1. The predicted molar refractivity (Wildman–Crippen MR) is 79.6 cm³/mol. The molecule has 1 saturated carbocycles.